The van der Waals surface area contributed by atoms with E-state index in [4.69, 9.17) is 16.2 Å². The van der Waals surface area contributed by atoms with Gasteiger partial charge in [0, 0.05) is 21.0 Å². The normalized spacial score (nSPS) is 13.2. The standard InChI is InChI=1S/C15H22BrNO2.C14H20BrNO2/c1-5-19-14(18)9-13(17)10-6-11(15(2,3)4)8-12(16)7-10;1-14(2,3)10-5-9(6-11(15)7-10)12(16)8-13(17)18-4/h6-8,13H,5,9,17H2,1-4H3;5-7,12H,8,16H2,1-4H3/t13-;12-/m00/s1. The van der Waals surface area contributed by atoms with E-state index < -0.39 is 0 Å². The summed E-state index contributed by atoms with van der Waals surface area (Å²) in [5.74, 6) is -0.549. The van der Waals surface area contributed by atoms with Gasteiger partial charge in [-0.2, -0.15) is 0 Å². The Morgan fingerprint density at radius 3 is 1.46 bits per heavy atom. The average Bonchev–Trinajstić information content (AvgIpc) is 2.77. The highest BCUT2D eigenvalue weighted by Crippen LogP contribution is 2.30. The van der Waals surface area contributed by atoms with Gasteiger partial charge in [0.1, 0.15) is 0 Å². The van der Waals surface area contributed by atoms with Crippen LogP contribution in [0.3, 0.4) is 0 Å². The molecule has 6 nitrogen and oxygen atoms in total. The number of hydrogen-bond acceptors (Lipinski definition) is 6. The number of esters is 2. The van der Waals surface area contributed by atoms with Gasteiger partial charge in [0.05, 0.1) is 26.6 Å². The molecule has 37 heavy (non-hydrogen) atoms. The molecule has 0 amide bonds. The van der Waals surface area contributed by atoms with Gasteiger partial charge in [0.25, 0.3) is 0 Å². The third kappa shape index (κ3) is 11.7. The lowest BCUT2D eigenvalue weighted by Crippen LogP contribution is -2.19. The van der Waals surface area contributed by atoms with Crippen molar-refractivity contribution in [3.63, 3.8) is 0 Å². The van der Waals surface area contributed by atoms with Gasteiger partial charge < -0.3 is 20.9 Å². The molecule has 0 saturated heterocycles. The summed E-state index contributed by atoms with van der Waals surface area (Å²) < 4.78 is 11.5. The molecule has 4 N–H and O–H groups in total. The van der Waals surface area contributed by atoms with Crippen LogP contribution in [-0.4, -0.2) is 25.7 Å². The Kier molecular flexibility index (Phi) is 13.0. The van der Waals surface area contributed by atoms with Crippen LogP contribution in [0.5, 0.6) is 0 Å². The first-order chi connectivity index (χ1) is 17.0. The summed E-state index contributed by atoms with van der Waals surface area (Å²) in [6.07, 6.45) is 0.393. The highest BCUT2D eigenvalue weighted by Gasteiger charge is 2.20. The summed E-state index contributed by atoms with van der Waals surface area (Å²) in [6, 6.07) is 11.5. The Hall–Kier alpha value is -1.74. The summed E-state index contributed by atoms with van der Waals surface area (Å²) in [5.41, 5.74) is 16.5. The lowest BCUT2D eigenvalue weighted by atomic mass is 9.85. The number of rotatable bonds is 7. The van der Waals surface area contributed by atoms with Gasteiger partial charge >= 0.3 is 11.9 Å². The fraction of sp³-hybridized carbons (Fsp3) is 0.517. The zero-order chi connectivity index (χ0) is 28.6. The molecule has 2 aromatic carbocycles. The molecule has 2 aromatic rings. The van der Waals surface area contributed by atoms with Crippen LogP contribution < -0.4 is 11.5 Å². The third-order valence-corrected chi connectivity index (χ3v) is 6.65. The summed E-state index contributed by atoms with van der Waals surface area (Å²) >= 11 is 6.98. The Balaban J connectivity index is 0.000000371. The average molecular weight is 642 g/mol. The molecule has 8 heteroatoms. The first-order valence-corrected chi connectivity index (χ1v) is 13.9. The Bertz CT molecular complexity index is 1060. The molecule has 2 rings (SSSR count). The molecular weight excluding hydrogens is 600 g/mol. The largest absolute Gasteiger partial charge is 0.469 e. The fourth-order valence-corrected chi connectivity index (χ4v) is 4.44. The highest BCUT2D eigenvalue weighted by molar-refractivity contribution is 9.10. The molecule has 0 heterocycles. The molecule has 0 saturated carbocycles. The van der Waals surface area contributed by atoms with Crippen molar-refractivity contribution in [2.24, 2.45) is 11.5 Å². The fourth-order valence-electron chi connectivity index (χ4n) is 3.42. The van der Waals surface area contributed by atoms with E-state index in [0.717, 1.165) is 20.1 Å². The minimum absolute atomic E-state index is 0.0438. The van der Waals surface area contributed by atoms with Crippen LogP contribution in [0.25, 0.3) is 0 Å². The predicted octanol–water partition coefficient (Wildman–Crippen LogP) is 7.01. The Labute approximate surface area is 239 Å². The molecule has 206 valence electrons. The number of halogens is 2. The monoisotopic (exact) mass is 640 g/mol. The van der Waals surface area contributed by atoms with Gasteiger partial charge in [0.15, 0.2) is 0 Å². The summed E-state index contributed by atoms with van der Waals surface area (Å²) in [5, 5.41) is 0. The lowest BCUT2D eigenvalue weighted by molar-refractivity contribution is -0.143. The van der Waals surface area contributed by atoms with E-state index in [1.807, 2.05) is 12.1 Å². The van der Waals surface area contributed by atoms with Crippen molar-refractivity contribution in [1.82, 2.24) is 0 Å². The topological polar surface area (TPSA) is 105 Å². The maximum atomic E-state index is 11.5. The molecular formula is C29H42Br2N2O4. The maximum Gasteiger partial charge on any atom is 0.307 e. The molecule has 2 atom stereocenters. The predicted molar refractivity (Wildman–Crippen MR) is 157 cm³/mol. The van der Waals surface area contributed by atoms with Crippen molar-refractivity contribution in [2.45, 2.75) is 84.2 Å². The number of benzene rings is 2. The van der Waals surface area contributed by atoms with Crippen LogP contribution in [0.2, 0.25) is 0 Å². The van der Waals surface area contributed by atoms with Gasteiger partial charge in [-0.1, -0.05) is 85.5 Å². The summed E-state index contributed by atoms with van der Waals surface area (Å²) in [6.45, 7) is 15.1. The second-order valence-corrected chi connectivity index (χ2v) is 12.9. The molecule has 0 aliphatic heterocycles. The number of nitrogens with two attached hydrogens (primary N) is 2. The van der Waals surface area contributed by atoms with Crippen LogP contribution in [-0.2, 0) is 29.9 Å². The van der Waals surface area contributed by atoms with Crippen molar-refractivity contribution in [3.8, 4) is 0 Å². The molecule has 0 radical (unpaired) electrons. The minimum atomic E-state index is -0.337. The molecule has 0 aromatic heterocycles. The SMILES string of the molecule is CCOC(=O)C[C@H](N)c1cc(Br)cc(C(C)(C)C)c1.COC(=O)C[C@H](N)c1cc(Br)cc(C(C)(C)C)c1. The zero-order valence-corrected chi connectivity index (χ0v) is 26.5. The number of ether oxygens (including phenoxy) is 2. The second kappa shape index (κ2) is 14.4. The van der Waals surface area contributed by atoms with Crippen molar-refractivity contribution in [1.29, 1.82) is 0 Å². The van der Waals surface area contributed by atoms with Gasteiger partial charge in [-0.15, -0.1) is 0 Å². The van der Waals surface area contributed by atoms with E-state index in [9.17, 15) is 9.59 Å². The Morgan fingerprint density at radius 2 is 1.14 bits per heavy atom. The molecule has 0 aliphatic carbocycles. The van der Waals surface area contributed by atoms with Gasteiger partial charge in [-0.25, -0.2) is 0 Å². The molecule has 0 spiro atoms. The van der Waals surface area contributed by atoms with E-state index in [1.165, 1.54) is 18.2 Å². The van der Waals surface area contributed by atoms with Crippen LogP contribution in [0.1, 0.15) is 95.6 Å². The van der Waals surface area contributed by atoms with Crippen LogP contribution >= 0.6 is 31.9 Å². The van der Waals surface area contributed by atoms with Crippen LogP contribution in [0.4, 0.5) is 0 Å². The summed E-state index contributed by atoms with van der Waals surface area (Å²) in [7, 11) is 1.37. The van der Waals surface area contributed by atoms with E-state index >= 15 is 0 Å². The number of methoxy groups -OCH3 is 1. The molecule has 0 unspecified atom stereocenters. The summed E-state index contributed by atoms with van der Waals surface area (Å²) in [4.78, 5) is 22.7. The van der Waals surface area contributed by atoms with Crippen LogP contribution in [0.15, 0.2) is 45.3 Å². The number of hydrogen-bond donors (Lipinski definition) is 2. The molecule has 0 bridgehead atoms. The van der Waals surface area contributed by atoms with Crippen molar-refractivity contribution >= 4 is 43.8 Å². The third-order valence-electron chi connectivity index (χ3n) is 5.73. The zero-order valence-electron chi connectivity index (χ0n) is 23.3. The van der Waals surface area contributed by atoms with E-state index in [2.05, 4.69) is 102 Å². The first kappa shape index (κ1) is 33.3. The minimum Gasteiger partial charge on any atom is -0.469 e. The van der Waals surface area contributed by atoms with Crippen molar-refractivity contribution in [2.75, 3.05) is 13.7 Å². The number of carbonyl (C=O) groups is 2. The van der Waals surface area contributed by atoms with Gasteiger partial charge in [0.2, 0.25) is 0 Å². The first-order valence-electron chi connectivity index (χ1n) is 12.3. The maximum absolute atomic E-state index is 11.5. The van der Waals surface area contributed by atoms with Gasteiger partial charge in [-0.05, 0) is 64.3 Å². The van der Waals surface area contributed by atoms with E-state index in [0.29, 0.717) is 6.61 Å². The second-order valence-electron chi connectivity index (χ2n) is 11.0. The van der Waals surface area contributed by atoms with E-state index in [1.54, 1.807) is 6.92 Å². The number of carbonyl (C=O) groups excluding carboxylic acids is 2. The lowest BCUT2D eigenvalue weighted by Gasteiger charge is -2.22. The Morgan fingerprint density at radius 1 is 0.757 bits per heavy atom. The molecule has 0 aliphatic rings. The van der Waals surface area contributed by atoms with Crippen molar-refractivity contribution in [3.05, 3.63) is 67.6 Å². The van der Waals surface area contributed by atoms with Gasteiger partial charge in [-0.3, -0.25) is 9.59 Å². The van der Waals surface area contributed by atoms with Crippen molar-refractivity contribution < 1.29 is 19.1 Å². The quantitative estimate of drug-likeness (QED) is 0.315. The van der Waals surface area contributed by atoms with Crippen LogP contribution in [0, 0.1) is 0 Å². The smallest absolute Gasteiger partial charge is 0.307 e. The highest BCUT2D eigenvalue weighted by atomic mass is 79.9. The van der Waals surface area contributed by atoms with E-state index in [-0.39, 0.29) is 47.7 Å². The molecule has 0 fully saturated rings.